The van der Waals surface area contributed by atoms with Crippen molar-refractivity contribution in [2.45, 2.75) is 18.2 Å². The molecule has 140 valence electrons. The van der Waals surface area contributed by atoms with Gasteiger partial charge in [-0.25, -0.2) is 8.42 Å². The van der Waals surface area contributed by atoms with Crippen LogP contribution in [0.2, 0.25) is 5.02 Å². The smallest absolute Gasteiger partial charge is 0.225 e. The number of nitrogens with one attached hydrogen (secondary N) is 1. The van der Waals surface area contributed by atoms with Crippen molar-refractivity contribution in [2.24, 2.45) is 0 Å². The lowest BCUT2D eigenvalue weighted by molar-refractivity contribution is -0.115. The van der Waals surface area contributed by atoms with E-state index >= 15 is 0 Å². The number of hydrogen-bond acceptors (Lipinski definition) is 5. The second-order valence-corrected chi connectivity index (χ2v) is 8.06. The predicted octanol–water partition coefficient (Wildman–Crippen LogP) is 3.47. The first-order valence-corrected chi connectivity index (χ1v) is 9.81. The fourth-order valence-corrected chi connectivity index (χ4v) is 3.74. The highest BCUT2D eigenvalue weighted by Crippen LogP contribution is 2.30. The summed E-state index contributed by atoms with van der Waals surface area (Å²) in [5.41, 5.74) is 1.29. The number of benzene rings is 2. The third kappa shape index (κ3) is 4.68. The van der Waals surface area contributed by atoms with Crippen molar-refractivity contribution in [1.29, 1.82) is 0 Å². The SMILES string of the molecule is COc1ccc(S(=O)(=O)CCC(=O)Nc2cccc(Cl)c2C)cc1OC. The van der Waals surface area contributed by atoms with Crippen LogP contribution in [-0.4, -0.2) is 34.3 Å². The molecule has 2 rings (SSSR count). The minimum atomic E-state index is -3.65. The summed E-state index contributed by atoms with van der Waals surface area (Å²) in [5.74, 6) is 0.0149. The van der Waals surface area contributed by atoms with E-state index in [1.54, 1.807) is 25.1 Å². The van der Waals surface area contributed by atoms with Crippen molar-refractivity contribution in [3.05, 3.63) is 47.0 Å². The zero-order chi connectivity index (χ0) is 19.3. The Morgan fingerprint density at radius 2 is 1.81 bits per heavy atom. The van der Waals surface area contributed by atoms with Crippen LogP contribution in [0, 0.1) is 6.92 Å². The molecule has 6 nitrogen and oxygen atoms in total. The fourth-order valence-electron chi connectivity index (χ4n) is 2.31. The maximum absolute atomic E-state index is 12.5. The molecule has 0 heterocycles. The van der Waals surface area contributed by atoms with E-state index in [0.717, 1.165) is 5.56 Å². The number of rotatable bonds is 7. The second kappa shape index (κ2) is 8.42. The van der Waals surface area contributed by atoms with E-state index in [2.05, 4.69) is 5.32 Å². The molecule has 0 aliphatic heterocycles. The minimum absolute atomic E-state index is 0.0712. The summed E-state index contributed by atoms with van der Waals surface area (Å²) >= 11 is 6.01. The molecule has 0 bridgehead atoms. The van der Waals surface area contributed by atoms with Gasteiger partial charge < -0.3 is 14.8 Å². The number of amides is 1. The highest BCUT2D eigenvalue weighted by Gasteiger charge is 2.19. The standard InChI is InChI=1S/C18H20ClNO5S/c1-12-14(19)5-4-6-15(12)20-18(21)9-10-26(22,23)13-7-8-16(24-2)17(11-13)25-3/h4-8,11H,9-10H2,1-3H3,(H,20,21). The van der Waals surface area contributed by atoms with Gasteiger partial charge in [0, 0.05) is 23.2 Å². The number of methoxy groups -OCH3 is 2. The summed E-state index contributed by atoms with van der Waals surface area (Å²) in [7, 11) is -0.754. The quantitative estimate of drug-likeness (QED) is 0.773. The molecule has 2 aromatic carbocycles. The van der Waals surface area contributed by atoms with E-state index in [4.69, 9.17) is 21.1 Å². The molecule has 8 heteroatoms. The van der Waals surface area contributed by atoms with Gasteiger partial charge in [-0.15, -0.1) is 0 Å². The normalized spacial score (nSPS) is 11.1. The number of halogens is 1. The fraction of sp³-hybridized carbons (Fsp3) is 0.278. The predicted molar refractivity (Wildman–Crippen MR) is 101 cm³/mol. The summed E-state index contributed by atoms with van der Waals surface area (Å²) < 4.78 is 35.2. The van der Waals surface area contributed by atoms with Crippen LogP contribution in [0.3, 0.4) is 0 Å². The number of anilines is 1. The van der Waals surface area contributed by atoms with Crippen LogP contribution in [0.5, 0.6) is 11.5 Å². The van der Waals surface area contributed by atoms with E-state index in [0.29, 0.717) is 22.2 Å². The maximum Gasteiger partial charge on any atom is 0.225 e. The zero-order valence-corrected chi connectivity index (χ0v) is 16.3. The van der Waals surface area contributed by atoms with Crippen molar-refractivity contribution >= 4 is 33.0 Å². The first kappa shape index (κ1) is 20.1. The molecule has 0 spiro atoms. The molecular formula is C18H20ClNO5S. The van der Waals surface area contributed by atoms with Gasteiger partial charge in [0.15, 0.2) is 21.3 Å². The Kier molecular flexibility index (Phi) is 6.50. The largest absolute Gasteiger partial charge is 0.493 e. The average molecular weight is 398 g/mol. The third-order valence-corrected chi connectivity index (χ3v) is 5.98. The van der Waals surface area contributed by atoms with Crippen LogP contribution >= 0.6 is 11.6 Å². The molecule has 0 aliphatic carbocycles. The van der Waals surface area contributed by atoms with Crippen LogP contribution in [0.1, 0.15) is 12.0 Å². The Balaban J connectivity index is 2.08. The van der Waals surface area contributed by atoms with Gasteiger partial charge in [0.25, 0.3) is 0 Å². The molecule has 0 fully saturated rings. The van der Waals surface area contributed by atoms with Crippen molar-refractivity contribution in [1.82, 2.24) is 0 Å². The van der Waals surface area contributed by atoms with Gasteiger partial charge in [-0.2, -0.15) is 0 Å². The summed E-state index contributed by atoms with van der Waals surface area (Å²) in [5, 5.41) is 3.21. The first-order valence-electron chi connectivity index (χ1n) is 7.78. The minimum Gasteiger partial charge on any atom is -0.493 e. The summed E-state index contributed by atoms with van der Waals surface area (Å²) in [6.07, 6.45) is -0.178. The summed E-state index contributed by atoms with van der Waals surface area (Å²) in [6, 6.07) is 9.46. The Bertz CT molecular complexity index is 912. The van der Waals surface area contributed by atoms with Gasteiger partial charge >= 0.3 is 0 Å². The van der Waals surface area contributed by atoms with Gasteiger partial charge in [-0.3, -0.25) is 4.79 Å². The third-order valence-electron chi connectivity index (χ3n) is 3.85. The Morgan fingerprint density at radius 1 is 1.12 bits per heavy atom. The first-order chi connectivity index (χ1) is 12.3. The van der Waals surface area contributed by atoms with Crippen LogP contribution in [0.15, 0.2) is 41.3 Å². The number of carbonyl (C=O) groups is 1. The van der Waals surface area contributed by atoms with Crippen LogP contribution in [0.4, 0.5) is 5.69 Å². The van der Waals surface area contributed by atoms with Crippen molar-refractivity contribution in [2.75, 3.05) is 25.3 Å². The van der Waals surface area contributed by atoms with Gasteiger partial charge in [0.1, 0.15) is 0 Å². The lowest BCUT2D eigenvalue weighted by atomic mass is 10.2. The van der Waals surface area contributed by atoms with Gasteiger partial charge in [-0.05, 0) is 36.8 Å². The van der Waals surface area contributed by atoms with Gasteiger partial charge in [-0.1, -0.05) is 17.7 Å². The van der Waals surface area contributed by atoms with E-state index in [1.165, 1.54) is 32.4 Å². The van der Waals surface area contributed by atoms with Crippen LogP contribution in [-0.2, 0) is 14.6 Å². The van der Waals surface area contributed by atoms with E-state index < -0.39 is 15.7 Å². The molecule has 1 N–H and O–H groups in total. The van der Waals surface area contributed by atoms with Crippen LogP contribution in [0.25, 0.3) is 0 Å². The maximum atomic E-state index is 12.5. The zero-order valence-electron chi connectivity index (χ0n) is 14.7. The Labute approximate surface area is 158 Å². The Hall–Kier alpha value is -2.25. The lowest BCUT2D eigenvalue weighted by Gasteiger charge is -2.11. The molecule has 0 aromatic heterocycles. The molecule has 0 saturated heterocycles. The molecule has 0 atom stereocenters. The summed E-state index contributed by atoms with van der Waals surface area (Å²) in [4.78, 5) is 12.2. The number of hydrogen-bond donors (Lipinski definition) is 1. The molecule has 0 saturated carbocycles. The van der Waals surface area contributed by atoms with E-state index in [1.807, 2.05) is 0 Å². The molecule has 0 radical (unpaired) electrons. The highest BCUT2D eigenvalue weighted by atomic mass is 35.5. The Morgan fingerprint density at radius 3 is 2.46 bits per heavy atom. The molecule has 2 aromatic rings. The number of ether oxygens (including phenoxy) is 2. The number of carbonyl (C=O) groups excluding carboxylic acids is 1. The monoisotopic (exact) mass is 397 g/mol. The molecule has 0 unspecified atom stereocenters. The highest BCUT2D eigenvalue weighted by molar-refractivity contribution is 7.91. The molecule has 1 amide bonds. The molecular weight excluding hydrogens is 378 g/mol. The van der Waals surface area contributed by atoms with Crippen LogP contribution < -0.4 is 14.8 Å². The lowest BCUT2D eigenvalue weighted by Crippen LogP contribution is -2.18. The molecule has 26 heavy (non-hydrogen) atoms. The van der Waals surface area contributed by atoms with Crippen molar-refractivity contribution in [3.63, 3.8) is 0 Å². The topological polar surface area (TPSA) is 81.7 Å². The van der Waals surface area contributed by atoms with Gasteiger partial charge in [0.05, 0.1) is 24.9 Å². The van der Waals surface area contributed by atoms with E-state index in [-0.39, 0.29) is 17.1 Å². The average Bonchev–Trinajstić information content (AvgIpc) is 2.63. The van der Waals surface area contributed by atoms with E-state index in [9.17, 15) is 13.2 Å². The second-order valence-electron chi connectivity index (χ2n) is 5.55. The van der Waals surface area contributed by atoms with Crippen molar-refractivity contribution < 1.29 is 22.7 Å². The summed E-state index contributed by atoms with van der Waals surface area (Å²) in [6.45, 7) is 1.78. The van der Waals surface area contributed by atoms with Crippen molar-refractivity contribution in [3.8, 4) is 11.5 Å². The molecule has 0 aliphatic rings. The van der Waals surface area contributed by atoms with Gasteiger partial charge in [0.2, 0.25) is 5.91 Å². The number of sulfone groups is 1.